The molecule has 0 aliphatic heterocycles. The second kappa shape index (κ2) is 7.02. The summed E-state index contributed by atoms with van der Waals surface area (Å²) in [5.74, 6) is -0.212. The van der Waals surface area contributed by atoms with E-state index in [1.54, 1.807) is 0 Å². The third-order valence-electron chi connectivity index (χ3n) is 3.71. The molecule has 0 amide bonds. The van der Waals surface area contributed by atoms with Crippen LogP contribution in [0.5, 0.6) is 5.88 Å². The number of aromatic hydroxyl groups is 1. The van der Waals surface area contributed by atoms with Gasteiger partial charge in [0.2, 0.25) is 5.88 Å². The van der Waals surface area contributed by atoms with Gasteiger partial charge in [-0.3, -0.25) is 4.79 Å². The van der Waals surface area contributed by atoms with Crippen LogP contribution in [0.1, 0.15) is 26.3 Å². The van der Waals surface area contributed by atoms with E-state index in [1.807, 2.05) is 48.5 Å². The fourth-order valence-corrected chi connectivity index (χ4v) is 4.54. The molecule has 1 heterocycles. The van der Waals surface area contributed by atoms with Gasteiger partial charge >= 0.3 is 0 Å². The summed E-state index contributed by atoms with van der Waals surface area (Å²) in [6, 6.07) is 17.4. The minimum atomic E-state index is -0.212. The Kier molecular flexibility index (Phi) is 4.97. The number of rotatable bonds is 3. The lowest BCUT2D eigenvalue weighted by Crippen LogP contribution is -2.12. The van der Waals surface area contributed by atoms with Crippen molar-refractivity contribution in [2.24, 2.45) is 0 Å². The predicted octanol–water partition coefficient (Wildman–Crippen LogP) is 5.32. The van der Waals surface area contributed by atoms with Gasteiger partial charge in [-0.2, -0.15) is 0 Å². The molecule has 0 bridgehead atoms. The first-order chi connectivity index (χ1) is 11.9. The Morgan fingerprint density at radius 1 is 1.00 bits per heavy atom. The number of hydrogen-bond acceptors (Lipinski definition) is 5. The second-order valence-electron chi connectivity index (χ2n) is 6.67. The second-order valence-corrected chi connectivity index (χ2v) is 8.69. The Balaban J connectivity index is 2.02. The third-order valence-corrected chi connectivity index (χ3v) is 5.90. The van der Waals surface area contributed by atoms with Gasteiger partial charge in [-0.15, -0.1) is 0 Å². The average molecular weight is 370 g/mol. The van der Waals surface area contributed by atoms with Crippen LogP contribution < -0.4 is 4.74 Å². The maximum Gasteiger partial charge on any atom is 0.253 e. The molecule has 3 rings (SSSR count). The predicted molar refractivity (Wildman–Crippen MR) is 105 cm³/mol. The summed E-state index contributed by atoms with van der Waals surface area (Å²) >= 11 is 2.34. The van der Waals surface area contributed by atoms with Gasteiger partial charge in [0.25, 0.3) is 4.74 Å². The van der Waals surface area contributed by atoms with Crippen molar-refractivity contribution in [1.82, 2.24) is 4.98 Å². The summed E-state index contributed by atoms with van der Waals surface area (Å²) in [5, 5.41) is 10.9. The molecule has 0 fully saturated rings. The molecule has 1 N–H and O–H groups in total. The van der Waals surface area contributed by atoms with Crippen molar-refractivity contribution in [2.45, 2.75) is 36.0 Å². The van der Waals surface area contributed by atoms with Gasteiger partial charge in [-0.1, -0.05) is 92.4 Å². The lowest BCUT2D eigenvalue weighted by molar-refractivity contribution is 0.441. The summed E-state index contributed by atoms with van der Waals surface area (Å²) in [6.07, 6.45) is 0. The zero-order chi connectivity index (χ0) is 18.0. The Hall–Kier alpha value is -2.11. The van der Waals surface area contributed by atoms with Crippen molar-refractivity contribution in [3.63, 3.8) is 0 Å². The van der Waals surface area contributed by atoms with Gasteiger partial charge < -0.3 is 5.11 Å². The van der Waals surface area contributed by atoms with Gasteiger partial charge in [0.15, 0.2) is 0 Å². The number of nitrogens with zero attached hydrogens (tertiary/aromatic N) is 1. The first-order valence-electron chi connectivity index (χ1n) is 7.93. The molecule has 3 nitrogen and oxygen atoms in total. The topological polar surface area (TPSA) is 50.2 Å². The third kappa shape index (κ3) is 3.94. The molecular weight excluding hydrogens is 350 g/mol. The van der Waals surface area contributed by atoms with Crippen molar-refractivity contribution in [3.05, 3.63) is 69.7 Å². The molecule has 0 aliphatic rings. The summed E-state index contributed by atoms with van der Waals surface area (Å²) in [6.45, 7) is 6.39. The number of benzene rings is 2. The van der Waals surface area contributed by atoms with Crippen molar-refractivity contribution >= 4 is 23.1 Å². The molecule has 3 aromatic rings. The highest BCUT2D eigenvalue weighted by Gasteiger charge is 2.21. The van der Waals surface area contributed by atoms with E-state index in [9.17, 15) is 9.90 Å². The van der Waals surface area contributed by atoms with Crippen LogP contribution in [0.15, 0.2) is 69.2 Å². The zero-order valence-electron chi connectivity index (χ0n) is 14.3. The number of hydrogen-bond donors (Lipinski definition) is 1. The number of aromatic nitrogens is 1. The fourth-order valence-electron chi connectivity index (χ4n) is 2.47. The minimum Gasteiger partial charge on any atom is -0.492 e. The molecular formula is C20H19NO2S2. The van der Waals surface area contributed by atoms with E-state index in [-0.39, 0.29) is 20.9 Å². The van der Waals surface area contributed by atoms with Crippen LogP contribution in [0.25, 0.3) is 10.6 Å². The van der Waals surface area contributed by atoms with E-state index in [0.717, 1.165) is 27.4 Å². The summed E-state index contributed by atoms with van der Waals surface area (Å²) in [5.41, 5.74) is 1.91. The first-order valence-corrected chi connectivity index (χ1v) is 9.56. The van der Waals surface area contributed by atoms with E-state index in [1.165, 1.54) is 11.8 Å². The van der Waals surface area contributed by atoms with Gasteiger partial charge in [0, 0.05) is 10.5 Å². The highest BCUT2D eigenvalue weighted by Crippen LogP contribution is 2.38. The van der Waals surface area contributed by atoms with E-state index >= 15 is 0 Å². The molecule has 0 spiro atoms. The summed E-state index contributed by atoms with van der Waals surface area (Å²) in [4.78, 5) is 18.1. The molecule has 0 saturated carbocycles. The average Bonchev–Trinajstić information content (AvgIpc) is 2.58. The summed E-state index contributed by atoms with van der Waals surface area (Å²) < 4.78 is -0.180. The smallest absolute Gasteiger partial charge is 0.253 e. The Bertz CT molecular complexity index is 944. The maximum absolute atomic E-state index is 12.6. The summed E-state index contributed by atoms with van der Waals surface area (Å²) in [7, 11) is 0. The van der Waals surface area contributed by atoms with Gasteiger partial charge in [-0.05, 0) is 17.0 Å². The Morgan fingerprint density at radius 2 is 1.64 bits per heavy atom. The Labute approximate surface area is 155 Å². The largest absolute Gasteiger partial charge is 0.492 e. The van der Waals surface area contributed by atoms with E-state index in [2.05, 4.69) is 31.8 Å². The van der Waals surface area contributed by atoms with E-state index in [0.29, 0.717) is 5.01 Å². The van der Waals surface area contributed by atoms with Crippen LogP contribution >= 0.6 is 23.1 Å². The zero-order valence-corrected chi connectivity index (χ0v) is 15.9. The van der Waals surface area contributed by atoms with E-state index in [4.69, 9.17) is 0 Å². The SMILES string of the molecule is CC(C)(C)c1ccccc1Sc1c(O)nc(-c2ccccc2)sc1=O. The highest BCUT2D eigenvalue weighted by molar-refractivity contribution is 7.99. The molecule has 1 aromatic heterocycles. The van der Waals surface area contributed by atoms with Gasteiger partial charge in [0.05, 0.1) is 0 Å². The highest BCUT2D eigenvalue weighted by atomic mass is 32.2. The van der Waals surface area contributed by atoms with Crippen LogP contribution in [0.4, 0.5) is 0 Å². The molecule has 0 unspecified atom stereocenters. The standard InChI is InChI=1S/C20H19NO2S2/c1-20(2,3)14-11-7-8-12-15(14)24-16-17(22)21-18(25-19(16)23)13-9-5-4-6-10-13/h4-12,22H,1-3H3. The van der Waals surface area contributed by atoms with Crippen molar-refractivity contribution < 1.29 is 5.11 Å². The quantitative estimate of drug-likeness (QED) is 0.678. The van der Waals surface area contributed by atoms with Crippen molar-refractivity contribution in [2.75, 3.05) is 0 Å². The molecule has 2 aromatic carbocycles. The lowest BCUT2D eigenvalue weighted by Gasteiger charge is -2.22. The molecule has 5 heteroatoms. The molecule has 0 aliphatic carbocycles. The molecule has 128 valence electrons. The van der Waals surface area contributed by atoms with Crippen LogP contribution in [0, 0.1) is 0 Å². The normalized spacial score (nSPS) is 11.5. The lowest BCUT2D eigenvalue weighted by atomic mass is 9.87. The Morgan fingerprint density at radius 3 is 2.28 bits per heavy atom. The van der Waals surface area contributed by atoms with Gasteiger partial charge in [0.1, 0.15) is 9.90 Å². The molecule has 0 saturated heterocycles. The van der Waals surface area contributed by atoms with Crippen molar-refractivity contribution in [1.29, 1.82) is 0 Å². The maximum atomic E-state index is 12.6. The van der Waals surface area contributed by atoms with Crippen LogP contribution in [0.3, 0.4) is 0 Å². The molecule has 0 radical (unpaired) electrons. The van der Waals surface area contributed by atoms with Gasteiger partial charge in [-0.25, -0.2) is 4.98 Å². The molecule has 25 heavy (non-hydrogen) atoms. The van der Waals surface area contributed by atoms with Crippen LogP contribution in [-0.4, -0.2) is 10.1 Å². The minimum absolute atomic E-state index is 0.0525. The van der Waals surface area contributed by atoms with Crippen molar-refractivity contribution in [3.8, 4) is 16.5 Å². The first kappa shape index (κ1) is 17.7. The molecule has 0 atom stereocenters. The fraction of sp³-hybridized carbons (Fsp3) is 0.200. The monoisotopic (exact) mass is 369 g/mol. The van der Waals surface area contributed by atoms with Crippen LogP contribution in [0.2, 0.25) is 0 Å². The van der Waals surface area contributed by atoms with Crippen LogP contribution in [-0.2, 0) is 5.41 Å². The van der Waals surface area contributed by atoms with E-state index < -0.39 is 0 Å².